The number of carbonyl (C=O) groups excluding carboxylic acids is 1. The summed E-state index contributed by atoms with van der Waals surface area (Å²) in [5.41, 5.74) is 1.81. The first-order valence-corrected chi connectivity index (χ1v) is 10.8. The van der Waals surface area contributed by atoms with Crippen LogP contribution in [-0.2, 0) is 4.79 Å². The predicted octanol–water partition coefficient (Wildman–Crippen LogP) is 3.41. The second-order valence-corrected chi connectivity index (χ2v) is 8.56. The minimum atomic E-state index is -0.00198. The molecule has 3 aromatic heterocycles. The second-order valence-electron chi connectivity index (χ2n) is 7.64. The van der Waals surface area contributed by atoms with E-state index in [1.807, 2.05) is 28.5 Å². The van der Waals surface area contributed by atoms with Crippen LogP contribution in [0.25, 0.3) is 10.2 Å². The number of hydrogen-bond acceptors (Lipinski definition) is 7. The van der Waals surface area contributed by atoms with E-state index in [1.54, 1.807) is 16.2 Å². The third-order valence-electron chi connectivity index (χ3n) is 5.61. The Balaban J connectivity index is 1.28. The minimum Gasteiger partial charge on any atom is -0.368 e. The van der Waals surface area contributed by atoms with Crippen LogP contribution in [0.5, 0.6) is 0 Å². The molecule has 8 nitrogen and oxygen atoms in total. The summed E-state index contributed by atoms with van der Waals surface area (Å²) in [4.78, 5) is 22.7. The molecule has 1 aliphatic heterocycles. The van der Waals surface area contributed by atoms with Gasteiger partial charge < -0.3 is 15.5 Å². The van der Waals surface area contributed by atoms with E-state index in [0.29, 0.717) is 17.9 Å². The lowest BCUT2D eigenvalue weighted by Gasteiger charge is -2.38. The number of aromatic nitrogens is 4. The average Bonchev–Trinajstić information content (AvgIpc) is 3.28. The predicted molar refractivity (Wildman–Crippen MR) is 115 cm³/mol. The van der Waals surface area contributed by atoms with Crippen molar-refractivity contribution in [2.24, 2.45) is 5.92 Å². The zero-order valence-electron chi connectivity index (χ0n) is 16.0. The van der Waals surface area contributed by atoms with E-state index in [-0.39, 0.29) is 5.91 Å². The summed E-state index contributed by atoms with van der Waals surface area (Å²) in [7, 11) is 0. The molecule has 2 aliphatic rings. The van der Waals surface area contributed by atoms with E-state index in [0.717, 1.165) is 41.4 Å². The lowest BCUT2D eigenvalue weighted by Crippen LogP contribution is -2.51. The van der Waals surface area contributed by atoms with Crippen LogP contribution in [0, 0.1) is 5.92 Å². The van der Waals surface area contributed by atoms with Crippen LogP contribution in [-0.4, -0.2) is 50.2 Å². The zero-order chi connectivity index (χ0) is 19.8. The fourth-order valence-corrected chi connectivity index (χ4v) is 4.47. The molecule has 5 rings (SSSR count). The van der Waals surface area contributed by atoms with Gasteiger partial charge in [-0.05, 0) is 36.8 Å². The van der Waals surface area contributed by atoms with Crippen molar-refractivity contribution in [3.8, 4) is 0 Å². The third kappa shape index (κ3) is 3.57. The second kappa shape index (κ2) is 7.47. The first-order chi connectivity index (χ1) is 14.2. The van der Waals surface area contributed by atoms with E-state index in [4.69, 9.17) is 4.98 Å². The van der Waals surface area contributed by atoms with Gasteiger partial charge in [-0.25, -0.2) is 4.98 Å². The summed E-state index contributed by atoms with van der Waals surface area (Å²) in [5, 5.41) is 13.2. The van der Waals surface area contributed by atoms with Crippen molar-refractivity contribution in [1.82, 2.24) is 24.6 Å². The zero-order valence-corrected chi connectivity index (χ0v) is 16.9. The van der Waals surface area contributed by atoms with Crippen molar-refractivity contribution in [2.75, 3.05) is 30.3 Å². The van der Waals surface area contributed by atoms with Crippen molar-refractivity contribution < 1.29 is 4.79 Å². The lowest BCUT2D eigenvalue weighted by atomic mass is 9.93. The van der Waals surface area contributed by atoms with Gasteiger partial charge in [0.2, 0.25) is 11.9 Å². The Hall–Kier alpha value is -2.94. The summed E-state index contributed by atoms with van der Waals surface area (Å²) >= 11 is 1.62. The van der Waals surface area contributed by atoms with Gasteiger partial charge in [-0.15, -0.1) is 11.3 Å². The molecule has 0 radical (unpaired) electrons. The number of amides is 1. The molecule has 2 fully saturated rings. The molecular weight excluding hydrogens is 386 g/mol. The Bertz CT molecular complexity index is 1050. The lowest BCUT2D eigenvalue weighted by molar-refractivity contribution is -0.131. The van der Waals surface area contributed by atoms with Crippen molar-refractivity contribution >= 4 is 44.9 Å². The normalized spacial score (nSPS) is 17.0. The molecule has 1 amide bonds. The van der Waals surface area contributed by atoms with E-state index in [1.165, 1.54) is 25.3 Å². The van der Waals surface area contributed by atoms with Gasteiger partial charge in [0.25, 0.3) is 0 Å². The Morgan fingerprint density at radius 1 is 1.34 bits per heavy atom. The van der Waals surface area contributed by atoms with Crippen LogP contribution in [0.4, 0.5) is 17.5 Å². The monoisotopic (exact) mass is 409 g/mol. The van der Waals surface area contributed by atoms with Crippen LogP contribution < -0.4 is 10.6 Å². The number of nitrogens with zero attached hydrogens (tertiary/aromatic N) is 5. The third-order valence-corrected chi connectivity index (χ3v) is 6.52. The molecule has 9 heteroatoms. The molecule has 1 saturated heterocycles. The van der Waals surface area contributed by atoms with Crippen molar-refractivity contribution in [3.05, 3.63) is 36.5 Å². The fourth-order valence-electron chi connectivity index (χ4n) is 3.67. The standard InChI is InChI=1S/C20H23N7OS/c1-2-17(28)26-10-13(11-26)8-21-19-18-16(6-7-29-18)24-20(25-19)23-14-9-22-27(12-14)15-4-3-5-15/h2,6-7,9,12-13,15H,1,3-5,8,10-11H2,(H2,21,23,24,25). The van der Waals surface area contributed by atoms with Crippen molar-refractivity contribution in [1.29, 1.82) is 0 Å². The molecular formula is C20H23N7OS. The summed E-state index contributed by atoms with van der Waals surface area (Å²) in [6.45, 7) is 5.81. The topological polar surface area (TPSA) is 88.0 Å². The first-order valence-electron chi connectivity index (χ1n) is 9.91. The summed E-state index contributed by atoms with van der Waals surface area (Å²) in [6, 6.07) is 2.53. The Kier molecular flexibility index (Phi) is 4.67. The molecule has 0 bridgehead atoms. The number of fused-ring (bicyclic) bond motifs is 1. The molecule has 2 N–H and O–H groups in total. The number of anilines is 3. The van der Waals surface area contributed by atoms with Crippen molar-refractivity contribution in [2.45, 2.75) is 25.3 Å². The van der Waals surface area contributed by atoms with Gasteiger partial charge in [0, 0.05) is 31.7 Å². The van der Waals surface area contributed by atoms with Gasteiger partial charge in [-0.3, -0.25) is 9.48 Å². The smallest absolute Gasteiger partial charge is 0.245 e. The van der Waals surface area contributed by atoms with E-state index in [2.05, 4.69) is 27.3 Å². The molecule has 1 saturated carbocycles. The molecule has 1 aliphatic carbocycles. The molecule has 0 aromatic carbocycles. The van der Waals surface area contributed by atoms with Crippen LogP contribution >= 0.6 is 11.3 Å². The summed E-state index contributed by atoms with van der Waals surface area (Å²) in [6.07, 6.45) is 8.89. The van der Waals surface area contributed by atoms with Gasteiger partial charge in [-0.2, -0.15) is 10.1 Å². The maximum Gasteiger partial charge on any atom is 0.245 e. The fraction of sp³-hybridized carbons (Fsp3) is 0.400. The Morgan fingerprint density at radius 2 is 2.21 bits per heavy atom. The highest BCUT2D eigenvalue weighted by Gasteiger charge is 2.29. The van der Waals surface area contributed by atoms with Crippen LogP contribution in [0.1, 0.15) is 25.3 Å². The largest absolute Gasteiger partial charge is 0.368 e. The highest BCUT2D eigenvalue weighted by molar-refractivity contribution is 7.17. The van der Waals surface area contributed by atoms with Gasteiger partial charge in [0.05, 0.1) is 28.1 Å². The maximum absolute atomic E-state index is 11.6. The molecule has 0 atom stereocenters. The number of carbonyl (C=O) groups is 1. The van der Waals surface area contributed by atoms with E-state index >= 15 is 0 Å². The minimum absolute atomic E-state index is 0.00198. The number of likely N-dealkylation sites (tertiary alicyclic amines) is 1. The Labute approximate surface area is 172 Å². The molecule has 0 unspecified atom stereocenters. The summed E-state index contributed by atoms with van der Waals surface area (Å²) < 4.78 is 3.07. The van der Waals surface area contributed by atoms with Crippen LogP contribution in [0.15, 0.2) is 36.5 Å². The van der Waals surface area contributed by atoms with Gasteiger partial charge >= 0.3 is 0 Å². The average molecular weight is 410 g/mol. The van der Waals surface area contributed by atoms with Gasteiger partial charge in [-0.1, -0.05) is 6.58 Å². The van der Waals surface area contributed by atoms with E-state index < -0.39 is 0 Å². The Morgan fingerprint density at radius 3 is 2.97 bits per heavy atom. The highest BCUT2D eigenvalue weighted by atomic mass is 32.1. The quantitative estimate of drug-likeness (QED) is 0.582. The molecule has 150 valence electrons. The van der Waals surface area contributed by atoms with Gasteiger partial charge in [0.1, 0.15) is 5.82 Å². The van der Waals surface area contributed by atoms with E-state index in [9.17, 15) is 4.79 Å². The molecule has 4 heterocycles. The maximum atomic E-state index is 11.6. The van der Waals surface area contributed by atoms with Crippen LogP contribution in [0.2, 0.25) is 0 Å². The molecule has 29 heavy (non-hydrogen) atoms. The first kappa shape index (κ1) is 18.1. The summed E-state index contributed by atoms with van der Waals surface area (Å²) in [5.74, 6) is 1.80. The highest BCUT2D eigenvalue weighted by Crippen LogP contribution is 2.32. The van der Waals surface area contributed by atoms with Crippen LogP contribution in [0.3, 0.4) is 0 Å². The number of thiophene rings is 1. The molecule has 3 aromatic rings. The number of rotatable bonds is 7. The number of nitrogens with one attached hydrogen (secondary N) is 2. The van der Waals surface area contributed by atoms with Gasteiger partial charge in [0.15, 0.2) is 0 Å². The SMILES string of the molecule is C=CC(=O)N1CC(CNc2nc(Nc3cnn(C4CCC4)c3)nc3ccsc23)C1. The van der Waals surface area contributed by atoms with Crippen molar-refractivity contribution in [3.63, 3.8) is 0 Å². The number of hydrogen-bond donors (Lipinski definition) is 2. The molecule has 0 spiro atoms.